The Labute approximate surface area is 64.3 Å². The fourth-order valence-electron chi connectivity index (χ4n) is 0.935. The molecule has 0 saturated carbocycles. The van der Waals surface area contributed by atoms with Gasteiger partial charge in [-0.2, -0.15) is 0 Å². The minimum absolute atomic E-state index is 0.121. The van der Waals surface area contributed by atoms with Crippen molar-refractivity contribution < 1.29 is 10.1 Å². The molecule has 1 aromatic rings. The van der Waals surface area contributed by atoms with Crippen LogP contribution in [0.15, 0.2) is 12.1 Å². The first-order valence-corrected chi connectivity index (χ1v) is 3.12. The third kappa shape index (κ3) is 1.35. The van der Waals surface area contributed by atoms with Gasteiger partial charge >= 0.3 is 0 Å². The Hall–Kier alpha value is -1.42. The van der Waals surface area contributed by atoms with Gasteiger partial charge in [-0.15, -0.1) is 0 Å². The second-order valence-corrected chi connectivity index (χ2v) is 2.36. The van der Waals surface area contributed by atoms with Crippen LogP contribution in [0.5, 0.6) is 5.75 Å². The number of rotatable bonds is 1. The summed E-state index contributed by atoms with van der Waals surface area (Å²) >= 11 is 0. The normalized spacial score (nSPS) is 9.64. The highest BCUT2D eigenvalue weighted by Crippen LogP contribution is 2.29. The van der Waals surface area contributed by atoms with E-state index in [0.717, 1.165) is 5.56 Å². The van der Waals surface area contributed by atoms with Crippen LogP contribution in [-0.2, 0) is 0 Å². The summed E-state index contributed by atoms with van der Waals surface area (Å²) in [4.78, 5) is 3.98. The van der Waals surface area contributed by atoms with Crippen molar-refractivity contribution in [1.29, 1.82) is 0 Å². The Balaban J connectivity index is 3.25. The van der Waals surface area contributed by atoms with Crippen LogP contribution < -0.4 is 16.4 Å². The number of benzene rings is 1. The topological polar surface area (TPSA) is 81.5 Å². The molecule has 0 saturated heterocycles. The largest absolute Gasteiger partial charge is 0.396 e. The molecule has 0 atom stereocenters. The SMILES string of the molecule is Cc1cc(N)c(OO)c(N)c1. The predicted octanol–water partition coefficient (Wildman–Crippen LogP) is 1.01. The maximum atomic E-state index is 8.33. The van der Waals surface area contributed by atoms with Crippen molar-refractivity contribution in [2.24, 2.45) is 0 Å². The van der Waals surface area contributed by atoms with Gasteiger partial charge in [0.1, 0.15) is 0 Å². The van der Waals surface area contributed by atoms with Crippen molar-refractivity contribution in [3.63, 3.8) is 0 Å². The van der Waals surface area contributed by atoms with E-state index < -0.39 is 0 Å². The van der Waals surface area contributed by atoms with Gasteiger partial charge in [-0.25, -0.2) is 5.26 Å². The molecule has 0 spiro atoms. The van der Waals surface area contributed by atoms with E-state index in [1.807, 2.05) is 6.92 Å². The number of nitrogens with two attached hydrogens (primary N) is 2. The minimum atomic E-state index is 0.121. The van der Waals surface area contributed by atoms with Gasteiger partial charge in [0.05, 0.1) is 11.4 Å². The smallest absolute Gasteiger partial charge is 0.210 e. The molecule has 0 aliphatic heterocycles. The highest BCUT2D eigenvalue weighted by Gasteiger charge is 2.05. The molecule has 0 aliphatic carbocycles. The minimum Gasteiger partial charge on any atom is -0.396 e. The average molecular weight is 154 g/mol. The van der Waals surface area contributed by atoms with Crippen LogP contribution in [0.2, 0.25) is 0 Å². The third-order valence-electron chi connectivity index (χ3n) is 1.38. The monoisotopic (exact) mass is 154 g/mol. The first-order chi connectivity index (χ1) is 5.15. The quantitative estimate of drug-likeness (QED) is 0.320. The molecular formula is C7H10N2O2. The number of hydrogen-bond acceptors (Lipinski definition) is 4. The molecule has 0 aromatic heterocycles. The highest BCUT2D eigenvalue weighted by molar-refractivity contribution is 5.68. The summed E-state index contributed by atoms with van der Waals surface area (Å²) < 4.78 is 0. The van der Waals surface area contributed by atoms with Crippen molar-refractivity contribution in [3.05, 3.63) is 17.7 Å². The van der Waals surface area contributed by atoms with Gasteiger partial charge in [0.2, 0.25) is 5.75 Å². The van der Waals surface area contributed by atoms with Crippen LogP contribution in [0, 0.1) is 6.92 Å². The molecule has 0 bridgehead atoms. The van der Waals surface area contributed by atoms with E-state index in [4.69, 9.17) is 16.7 Å². The first-order valence-electron chi connectivity index (χ1n) is 3.12. The summed E-state index contributed by atoms with van der Waals surface area (Å²) in [6, 6.07) is 3.34. The Kier molecular flexibility index (Phi) is 1.87. The molecule has 0 fully saturated rings. The second kappa shape index (κ2) is 2.67. The standard InChI is InChI=1S/C7H10N2O2/c1-4-2-5(8)7(11-10)6(9)3-4/h2-3,10H,8-9H2,1H3. The Morgan fingerprint density at radius 2 is 1.73 bits per heavy atom. The maximum Gasteiger partial charge on any atom is 0.210 e. The molecule has 1 aromatic carbocycles. The Bertz CT molecular complexity index is 250. The summed E-state index contributed by atoms with van der Waals surface area (Å²) in [5.41, 5.74) is 12.5. The number of hydrogen-bond donors (Lipinski definition) is 3. The molecule has 60 valence electrons. The molecule has 0 amide bonds. The highest BCUT2D eigenvalue weighted by atomic mass is 17.1. The van der Waals surface area contributed by atoms with E-state index in [9.17, 15) is 0 Å². The Morgan fingerprint density at radius 3 is 2.09 bits per heavy atom. The third-order valence-corrected chi connectivity index (χ3v) is 1.38. The van der Waals surface area contributed by atoms with Gasteiger partial charge in [-0.05, 0) is 24.6 Å². The fourth-order valence-corrected chi connectivity index (χ4v) is 0.935. The molecule has 1 rings (SSSR count). The average Bonchev–Trinajstić information content (AvgIpc) is 1.85. The lowest BCUT2D eigenvalue weighted by Crippen LogP contribution is -1.98. The van der Waals surface area contributed by atoms with Gasteiger partial charge in [0, 0.05) is 0 Å². The van der Waals surface area contributed by atoms with E-state index in [-0.39, 0.29) is 5.75 Å². The molecular weight excluding hydrogens is 144 g/mol. The lowest BCUT2D eigenvalue weighted by atomic mass is 10.2. The van der Waals surface area contributed by atoms with E-state index >= 15 is 0 Å². The van der Waals surface area contributed by atoms with E-state index in [1.165, 1.54) is 0 Å². The van der Waals surface area contributed by atoms with Gasteiger partial charge in [0.25, 0.3) is 0 Å². The maximum absolute atomic E-state index is 8.33. The van der Waals surface area contributed by atoms with Crippen LogP contribution in [0.25, 0.3) is 0 Å². The summed E-state index contributed by atoms with van der Waals surface area (Å²) in [7, 11) is 0. The zero-order valence-corrected chi connectivity index (χ0v) is 6.16. The summed E-state index contributed by atoms with van der Waals surface area (Å²) in [6.07, 6.45) is 0. The molecule has 0 radical (unpaired) electrons. The van der Waals surface area contributed by atoms with Crippen LogP contribution >= 0.6 is 0 Å². The zero-order chi connectivity index (χ0) is 8.43. The van der Waals surface area contributed by atoms with Gasteiger partial charge < -0.3 is 16.4 Å². The summed E-state index contributed by atoms with van der Waals surface area (Å²) in [5.74, 6) is 0.121. The Morgan fingerprint density at radius 1 is 1.27 bits per heavy atom. The van der Waals surface area contributed by atoms with E-state index in [2.05, 4.69) is 4.89 Å². The van der Waals surface area contributed by atoms with E-state index in [1.54, 1.807) is 12.1 Å². The lowest BCUT2D eigenvalue weighted by molar-refractivity contribution is -0.136. The molecule has 11 heavy (non-hydrogen) atoms. The van der Waals surface area contributed by atoms with Gasteiger partial charge in [0.15, 0.2) is 0 Å². The lowest BCUT2D eigenvalue weighted by Gasteiger charge is -2.05. The molecule has 4 heteroatoms. The zero-order valence-electron chi connectivity index (χ0n) is 6.16. The van der Waals surface area contributed by atoms with Crippen molar-refractivity contribution in [2.45, 2.75) is 6.92 Å². The first kappa shape index (κ1) is 7.68. The summed E-state index contributed by atoms with van der Waals surface area (Å²) in [5, 5.41) is 8.33. The number of nitrogen functional groups attached to an aromatic ring is 2. The van der Waals surface area contributed by atoms with Crippen molar-refractivity contribution in [1.82, 2.24) is 0 Å². The molecule has 0 aliphatic rings. The molecule has 4 nitrogen and oxygen atoms in total. The summed E-state index contributed by atoms with van der Waals surface area (Å²) in [6.45, 7) is 1.86. The van der Waals surface area contributed by atoms with Crippen LogP contribution in [0.3, 0.4) is 0 Å². The van der Waals surface area contributed by atoms with Crippen molar-refractivity contribution >= 4 is 11.4 Å². The van der Waals surface area contributed by atoms with Crippen molar-refractivity contribution in [3.8, 4) is 5.75 Å². The van der Waals surface area contributed by atoms with Gasteiger partial charge in [-0.1, -0.05) is 0 Å². The predicted molar refractivity (Wildman–Crippen MR) is 43.3 cm³/mol. The van der Waals surface area contributed by atoms with Crippen LogP contribution in [0.4, 0.5) is 11.4 Å². The number of anilines is 2. The van der Waals surface area contributed by atoms with E-state index in [0.29, 0.717) is 11.4 Å². The van der Waals surface area contributed by atoms with Crippen LogP contribution in [-0.4, -0.2) is 5.26 Å². The number of aryl methyl sites for hydroxylation is 1. The second-order valence-electron chi connectivity index (χ2n) is 2.36. The van der Waals surface area contributed by atoms with Crippen molar-refractivity contribution in [2.75, 3.05) is 11.5 Å². The molecule has 5 N–H and O–H groups in total. The molecule has 0 unspecified atom stereocenters. The molecule has 0 heterocycles. The van der Waals surface area contributed by atoms with Gasteiger partial charge in [-0.3, -0.25) is 0 Å². The fraction of sp³-hybridized carbons (Fsp3) is 0.143. The van der Waals surface area contributed by atoms with Crippen LogP contribution in [0.1, 0.15) is 5.56 Å².